The molecule has 4 heteroatoms. The van der Waals surface area contributed by atoms with Gasteiger partial charge < -0.3 is 4.42 Å². The van der Waals surface area contributed by atoms with Crippen LogP contribution in [0.15, 0.2) is 63.9 Å². The molecule has 2 aromatic carbocycles. The van der Waals surface area contributed by atoms with Crippen LogP contribution >= 0.6 is 15.9 Å². The van der Waals surface area contributed by atoms with Crippen molar-refractivity contribution in [1.29, 1.82) is 0 Å². The van der Waals surface area contributed by atoms with Crippen LogP contribution in [0.5, 0.6) is 0 Å². The summed E-state index contributed by atoms with van der Waals surface area (Å²) in [5.74, 6) is 5.67. The van der Waals surface area contributed by atoms with Gasteiger partial charge in [0.1, 0.15) is 0 Å². The minimum atomic E-state index is -0.0632. The molecule has 3 nitrogen and oxygen atoms in total. The first-order chi connectivity index (χ1) is 9.28. The molecule has 19 heavy (non-hydrogen) atoms. The van der Waals surface area contributed by atoms with Crippen LogP contribution in [-0.2, 0) is 0 Å². The van der Waals surface area contributed by atoms with Crippen LogP contribution in [-0.4, -0.2) is 0 Å². The van der Waals surface area contributed by atoms with Crippen LogP contribution in [0, 0.1) is 0 Å². The maximum Gasteiger partial charge on any atom is 0.0954 e. The molecule has 1 aromatic heterocycles. The molecule has 96 valence electrons. The van der Waals surface area contributed by atoms with Gasteiger partial charge in [-0.05, 0) is 40.6 Å². The molecule has 3 aromatic rings. The smallest absolute Gasteiger partial charge is 0.0954 e. The fraction of sp³-hybridized carbons (Fsp3) is 0.0667. The molecule has 1 heterocycles. The second kappa shape index (κ2) is 5.17. The molecule has 0 saturated carbocycles. The molecule has 0 amide bonds. The molecule has 0 aliphatic heterocycles. The lowest BCUT2D eigenvalue weighted by molar-refractivity contribution is 0.553. The average Bonchev–Trinajstić information content (AvgIpc) is 2.93. The Morgan fingerprint density at radius 1 is 1.00 bits per heavy atom. The number of hydrogen-bond acceptors (Lipinski definition) is 3. The largest absolute Gasteiger partial charge is 0.472 e. The van der Waals surface area contributed by atoms with E-state index in [1.165, 1.54) is 10.8 Å². The molecule has 0 saturated heterocycles. The van der Waals surface area contributed by atoms with Crippen molar-refractivity contribution in [2.45, 2.75) is 6.04 Å². The summed E-state index contributed by atoms with van der Waals surface area (Å²) in [7, 11) is 0. The Labute approximate surface area is 119 Å². The van der Waals surface area contributed by atoms with Gasteiger partial charge in [0.25, 0.3) is 0 Å². The number of benzene rings is 2. The first kappa shape index (κ1) is 12.4. The zero-order valence-electron chi connectivity index (χ0n) is 10.1. The van der Waals surface area contributed by atoms with E-state index >= 15 is 0 Å². The molecule has 0 fully saturated rings. The van der Waals surface area contributed by atoms with Gasteiger partial charge in [0, 0.05) is 10.0 Å². The molecule has 0 aliphatic carbocycles. The predicted molar refractivity (Wildman–Crippen MR) is 79.5 cm³/mol. The summed E-state index contributed by atoms with van der Waals surface area (Å²) in [5.41, 5.74) is 4.95. The number of nitrogens with two attached hydrogens (primary N) is 1. The lowest BCUT2D eigenvalue weighted by atomic mass is 9.98. The summed E-state index contributed by atoms with van der Waals surface area (Å²) in [5, 5.41) is 2.38. The zero-order chi connectivity index (χ0) is 13.2. The summed E-state index contributed by atoms with van der Waals surface area (Å²) < 4.78 is 6.20. The summed E-state index contributed by atoms with van der Waals surface area (Å²) in [6.45, 7) is 0. The first-order valence-electron chi connectivity index (χ1n) is 5.95. The maximum absolute atomic E-state index is 5.67. The van der Waals surface area contributed by atoms with Gasteiger partial charge in [-0.1, -0.05) is 34.1 Å². The van der Waals surface area contributed by atoms with Gasteiger partial charge in [0.2, 0.25) is 0 Å². The average molecular weight is 317 g/mol. The minimum Gasteiger partial charge on any atom is -0.472 e. The minimum absolute atomic E-state index is 0.0632. The van der Waals surface area contributed by atoms with Gasteiger partial charge in [-0.2, -0.15) is 0 Å². The molecule has 3 N–H and O–H groups in total. The Hall–Kier alpha value is -1.62. The third-order valence-corrected chi connectivity index (χ3v) is 3.70. The Balaban J connectivity index is 2.07. The quantitative estimate of drug-likeness (QED) is 0.571. The summed E-state index contributed by atoms with van der Waals surface area (Å²) in [4.78, 5) is 0. The molecule has 1 atom stereocenters. The van der Waals surface area contributed by atoms with Crippen LogP contribution in [0.3, 0.4) is 0 Å². The van der Waals surface area contributed by atoms with E-state index in [4.69, 9.17) is 10.3 Å². The monoisotopic (exact) mass is 316 g/mol. The maximum atomic E-state index is 5.67. The van der Waals surface area contributed by atoms with Gasteiger partial charge in [0.15, 0.2) is 0 Å². The molecular weight excluding hydrogens is 304 g/mol. The predicted octanol–water partition coefficient (Wildman–Crippen LogP) is 3.75. The van der Waals surface area contributed by atoms with E-state index in [1.54, 1.807) is 12.5 Å². The zero-order valence-corrected chi connectivity index (χ0v) is 11.7. The van der Waals surface area contributed by atoms with Crippen molar-refractivity contribution in [3.8, 4) is 0 Å². The lowest BCUT2D eigenvalue weighted by Crippen LogP contribution is -2.28. The second-order valence-corrected chi connectivity index (χ2v) is 5.32. The fourth-order valence-corrected chi connectivity index (χ4v) is 2.62. The fourth-order valence-electron chi connectivity index (χ4n) is 2.24. The second-order valence-electron chi connectivity index (χ2n) is 4.41. The van der Waals surface area contributed by atoms with Gasteiger partial charge in [-0.25, -0.2) is 5.43 Å². The van der Waals surface area contributed by atoms with E-state index in [0.717, 1.165) is 15.6 Å². The molecular formula is C15H13BrN2O. The van der Waals surface area contributed by atoms with Crippen molar-refractivity contribution in [2.24, 2.45) is 5.84 Å². The van der Waals surface area contributed by atoms with Crippen LogP contribution < -0.4 is 11.3 Å². The topological polar surface area (TPSA) is 51.2 Å². The number of nitrogens with one attached hydrogen (secondary N) is 1. The van der Waals surface area contributed by atoms with Crippen LogP contribution in [0.1, 0.15) is 17.2 Å². The summed E-state index contributed by atoms with van der Waals surface area (Å²) in [6.07, 6.45) is 3.36. The van der Waals surface area contributed by atoms with Crippen molar-refractivity contribution >= 4 is 26.7 Å². The number of rotatable bonds is 3. The van der Waals surface area contributed by atoms with E-state index in [9.17, 15) is 0 Å². The van der Waals surface area contributed by atoms with Gasteiger partial charge >= 0.3 is 0 Å². The van der Waals surface area contributed by atoms with E-state index in [-0.39, 0.29) is 6.04 Å². The number of fused-ring (bicyclic) bond motifs is 1. The first-order valence-corrected chi connectivity index (χ1v) is 6.74. The molecule has 1 unspecified atom stereocenters. The van der Waals surface area contributed by atoms with Crippen molar-refractivity contribution in [2.75, 3.05) is 0 Å². The van der Waals surface area contributed by atoms with Gasteiger partial charge in [0.05, 0.1) is 18.6 Å². The third-order valence-electron chi connectivity index (χ3n) is 3.20. The van der Waals surface area contributed by atoms with Crippen molar-refractivity contribution in [3.63, 3.8) is 0 Å². The van der Waals surface area contributed by atoms with Gasteiger partial charge in [-0.3, -0.25) is 5.84 Å². The Morgan fingerprint density at radius 3 is 2.53 bits per heavy atom. The number of halogens is 1. The Morgan fingerprint density at radius 2 is 1.79 bits per heavy atom. The van der Waals surface area contributed by atoms with Crippen molar-refractivity contribution in [3.05, 3.63) is 70.6 Å². The van der Waals surface area contributed by atoms with E-state index in [1.807, 2.05) is 12.1 Å². The molecule has 3 rings (SSSR count). The standard InChI is InChI=1S/C15H13BrN2O/c16-14-4-3-10-7-12(2-1-11(10)8-14)15(18-17)13-5-6-19-9-13/h1-9,15,18H,17H2. The highest BCUT2D eigenvalue weighted by Gasteiger charge is 2.13. The molecule has 0 radical (unpaired) electrons. The normalized spacial score (nSPS) is 12.7. The van der Waals surface area contributed by atoms with Crippen molar-refractivity contribution in [1.82, 2.24) is 5.43 Å². The van der Waals surface area contributed by atoms with Crippen LogP contribution in [0.2, 0.25) is 0 Å². The highest BCUT2D eigenvalue weighted by Crippen LogP contribution is 2.26. The number of furan rings is 1. The van der Waals surface area contributed by atoms with E-state index in [2.05, 4.69) is 51.7 Å². The third kappa shape index (κ3) is 2.42. The highest BCUT2D eigenvalue weighted by atomic mass is 79.9. The Bertz CT molecular complexity index is 694. The molecule has 0 spiro atoms. The summed E-state index contributed by atoms with van der Waals surface area (Å²) in [6, 6.07) is 14.4. The Kier molecular flexibility index (Phi) is 3.38. The SMILES string of the molecule is NNC(c1ccoc1)c1ccc2cc(Br)ccc2c1. The molecule has 0 bridgehead atoms. The van der Waals surface area contributed by atoms with Gasteiger partial charge in [-0.15, -0.1) is 0 Å². The lowest BCUT2D eigenvalue weighted by Gasteiger charge is -2.15. The summed E-state index contributed by atoms with van der Waals surface area (Å²) >= 11 is 3.48. The number of hydrogen-bond donors (Lipinski definition) is 2. The number of hydrazine groups is 1. The van der Waals surface area contributed by atoms with Crippen LogP contribution in [0.25, 0.3) is 10.8 Å². The van der Waals surface area contributed by atoms with E-state index in [0.29, 0.717) is 0 Å². The highest BCUT2D eigenvalue weighted by molar-refractivity contribution is 9.10. The van der Waals surface area contributed by atoms with Crippen molar-refractivity contribution < 1.29 is 4.42 Å². The van der Waals surface area contributed by atoms with E-state index < -0.39 is 0 Å². The molecule has 0 aliphatic rings. The van der Waals surface area contributed by atoms with Crippen LogP contribution in [0.4, 0.5) is 0 Å².